The molecule has 0 saturated carbocycles. The molecule has 0 aromatic heterocycles. The van der Waals surface area contributed by atoms with Crippen LogP contribution in [-0.2, 0) is 14.3 Å². The second-order valence-electron chi connectivity index (χ2n) is 7.27. The van der Waals surface area contributed by atoms with E-state index in [1.165, 1.54) is 6.08 Å². The smallest absolute Gasteiger partial charge is 0.330 e. The van der Waals surface area contributed by atoms with Gasteiger partial charge in [0.25, 0.3) is 5.91 Å². The number of carbonyl (C=O) groups excluding carboxylic acids is 3. The van der Waals surface area contributed by atoms with Gasteiger partial charge in [0, 0.05) is 30.1 Å². The van der Waals surface area contributed by atoms with Crippen molar-refractivity contribution >= 4 is 28.6 Å². The van der Waals surface area contributed by atoms with Crippen molar-refractivity contribution in [2.45, 2.75) is 32.7 Å². The molecule has 3 rings (SSSR count). The Hall–Kier alpha value is -3.15. The second kappa shape index (κ2) is 9.37. The zero-order valence-electron chi connectivity index (χ0n) is 16.7. The zero-order chi connectivity index (χ0) is 20.8. The summed E-state index contributed by atoms with van der Waals surface area (Å²) in [5, 5.41) is 7.80. The molecule has 1 aliphatic rings. The van der Waals surface area contributed by atoms with Gasteiger partial charge in [0.2, 0.25) is 5.91 Å². The molecule has 2 amide bonds. The molecule has 0 radical (unpaired) electrons. The Bertz CT molecular complexity index is 951. The van der Waals surface area contributed by atoms with Gasteiger partial charge in [0.1, 0.15) is 0 Å². The number of hydrogen-bond donors (Lipinski definition) is 2. The Balaban J connectivity index is 1.76. The number of ether oxygens (including phenoxy) is 1. The number of aryl methyl sites for hydroxylation is 1. The molecule has 2 atom stereocenters. The number of amides is 2. The lowest BCUT2D eigenvalue weighted by atomic mass is 9.97. The van der Waals surface area contributed by atoms with E-state index in [2.05, 4.69) is 16.7 Å². The van der Waals surface area contributed by atoms with E-state index < -0.39 is 12.0 Å². The Labute approximate surface area is 170 Å². The van der Waals surface area contributed by atoms with Gasteiger partial charge < -0.3 is 15.4 Å². The van der Waals surface area contributed by atoms with Crippen molar-refractivity contribution in [2.24, 2.45) is 5.92 Å². The lowest BCUT2D eigenvalue weighted by Crippen LogP contribution is -2.36. The molecule has 1 heterocycles. The first-order valence-electron chi connectivity index (χ1n) is 9.90. The maximum Gasteiger partial charge on any atom is 0.330 e. The highest BCUT2D eigenvalue weighted by atomic mass is 16.5. The Morgan fingerprint density at radius 3 is 2.72 bits per heavy atom. The van der Waals surface area contributed by atoms with Crippen molar-refractivity contribution in [3.8, 4) is 0 Å². The fraction of sp³-hybridized carbons (Fsp3) is 0.348. The quantitative estimate of drug-likeness (QED) is 0.559. The standard InChI is InChI=1S/C23H26N2O4/c1-3-29-21(26)9-8-20(14-19-10-11-24-22(19)27)25-23(28)18-7-6-16-12-15(2)4-5-17(16)13-18/h4-9,12-13,19-20H,3,10-11,14H2,1-2H3,(H,24,27)(H,25,28). The molecule has 2 aromatic rings. The summed E-state index contributed by atoms with van der Waals surface area (Å²) in [6, 6.07) is 11.2. The molecule has 0 bridgehead atoms. The van der Waals surface area contributed by atoms with Crippen LogP contribution in [0.1, 0.15) is 35.7 Å². The van der Waals surface area contributed by atoms with E-state index in [1.54, 1.807) is 19.1 Å². The predicted octanol–water partition coefficient (Wildman–Crippen LogP) is 2.89. The summed E-state index contributed by atoms with van der Waals surface area (Å²) in [7, 11) is 0. The molecule has 1 fully saturated rings. The van der Waals surface area contributed by atoms with Gasteiger partial charge in [0.15, 0.2) is 0 Å². The van der Waals surface area contributed by atoms with Crippen LogP contribution in [0.25, 0.3) is 10.8 Å². The molecule has 29 heavy (non-hydrogen) atoms. The van der Waals surface area contributed by atoms with Gasteiger partial charge in [-0.2, -0.15) is 0 Å². The largest absolute Gasteiger partial charge is 0.463 e. The summed E-state index contributed by atoms with van der Waals surface area (Å²) in [5.41, 5.74) is 1.69. The van der Waals surface area contributed by atoms with Crippen molar-refractivity contribution in [1.82, 2.24) is 10.6 Å². The summed E-state index contributed by atoms with van der Waals surface area (Å²) < 4.78 is 4.91. The Kier molecular flexibility index (Phi) is 6.65. The van der Waals surface area contributed by atoms with Crippen molar-refractivity contribution in [2.75, 3.05) is 13.2 Å². The van der Waals surface area contributed by atoms with Crippen LogP contribution in [0.4, 0.5) is 0 Å². The minimum absolute atomic E-state index is 0.0186. The third-order valence-corrected chi connectivity index (χ3v) is 5.03. The van der Waals surface area contributed by atoms with Crippen LogP contribution in [0.5, 0.6) is 0 Å². The predicted molar refractivity (Wildman–Crippen MR) is 111 cm³/mol. The molecule has 2 unspecified atom stereocenters. The van der Waals surface area contributed by atoms with E-state index in [-0.39, 0.29) is 24.3 Å². The first-order chi connectivity index (χ1) is 14.0. The van der Waals surface area contributed by atoms with Gasteiger partial charge in [0.05, 0.1) is 6.61 Å². The highest BCUT2D eigenvalue weighted by Gasteiger charge is 2.27. The fourth-order valence-corrected chi connectivity index (χ4v) is 3.51. The molecule has 0 aliphatic carbocycles. The van der Waals surface area contributed by atoms with E-state index in [9.17, 15) is 14.4 Å². The highest BCUT2D eigenvalue weighted by Crippen LogP contribution is 2.20. The number of hydrogen-bond acceptors (Lipinski definition) is 4. The minimum atomic E-state index is -0.469. The van der Waals surface area contributed by atoms with Crippen LogP contribution in [-0.4, -0.2) is 37.0 Å². The van der Waals surface area contributed by atoms with Crippen LogP contribution < -0.4 is 10.6 Å². The van der Waals surface area contributed by atoms with E-state index in [4.69, 9.17) is 4.74 Å². The topological polar surface area (TPSA) is 84.5 Å². The number of fused-ring (bicyclic) bond motifs is 1. The van der Waals surface area contributed by atoms with Gasteiger partial charge in [-0.3, -0.25) is 9.59 Å². The molecule has 6 heteroatoms. The van der Waals surface area contributed by atoms with Crippen molar-refractivity contribution < 1.29 is 19.1 Å². The summed E-state index contributed by atoms with van der Waals surface area (Å²) in [5.74, 6) is -0.922. The summed E-state index contributed by atoms with van der Waals surface area (Å²) in [6.07, 6.45) is 4.06. The van der Waals surface area contributed by atoms with Crippen molar-refractivity contribution in [3.63, 3.8) is 0 Å². The van der Waals surface area contributed by atoms with Crippen LogP contribution in [0.15, 0.2) is 48.6 Å². The third kappa shape index (κ3) is 5.44. The molecule has 1 aliphatic heterocycles. The lowest BCUT2D eigenvalue weighted by molar-refractivity contribution is -0.137. The average molecular weight is 394 g/mol. The number of esters is 1. The monoisotopic (exact) mass is 394 g/mol. The van der Waals surface area contributed by atoms with Gasteiger partial charge in [-0.05, 0) is 49.6 Å². The first kappa shape index (κ1) is 20.6. The second-order valence-corrected chi connectivity index (χ2v) is 7.27. The number of benzene rings is 2. The van der Waals surface area contributed by atoms with E-state index in [0.29, 0.717) is 24.9 Å². The Morgan fingerprint density at radius 2 is 2.00 bits per heavy atom. The summed E-state index contributed by atoms with van der Waals surface area (Å²) in [4.78, 5) is 36.4. The van der Waals surface area contributed by atoms with E-state index in [0.717, 1.165) is 16.3 Å². The SMILES string of the molecule is CCOC(=O)C=CC(CC1CCNC1=O)NC(=O)c1ccc2cc(C)ccc2c1. The summed E-state index contributed by atoms with van der Waals surface area (Å²) >= 11 is 0. The van der Waals surface area contributed by atoms with Crippen LogP contribution in [0.3, 0.4) is 0 Å². The van der Waals surface area contributed by atoms with Gasteiger partial charge in [-0.1, -0.05) is 35.9 Å². The molecule has 2 N–H and O–H groups in total. The maximum absolute atomic E-state index is 12.8. The molecular weight excluding hydrogens is 368 g/mol. The number of rotatable bonds is 7. The van der Waals surface area contributed by atoms with Gasteiger partial charge >= 0.3 is 5.97 Å². The van der Waals surface area contributed by atoms with Crippen molar-refractivity contribution in [1.29, 1.82) is 0 Å². The normalized spacial score (nSPS) is 17.3. The van der Waals surface area contributed by atoms with E-state index in [1.807, 2.05) is 31.2 Å². The van der Waals surface area contributed by atoms with Gasteiger partial charge in [-0.25, -0.2) is 4.79 Å². The van der Waals surface area contributed by atoms with Gasteiger partial charge in [-0.15, -0.1) is 0 Å². The van der Waals surface area contributed by atoms with Crippen LogP contribution in [0.2, 0.25) is 0 Å². The van der Waals surface area contributed by atoms with Crippen molar-refractivity contribution in [3.05, 3.63) is 59.7 Å². The van der Waals surface area contributed by atoms with E-state index >= 15 is 0 Å². The zero-order valence-corrected chi connectivity index (χ0v) is 16.7. The number of nitrogens with one attached hydrogen (secondary N) is 2. The highest BCUT2D eigenvalue weighted by molar-refractivity contribution is 5.99. The number of carbonyl (C=O) groups is 3. The molecular formula is C23H26N2O4. The maximum atomic E-state index is 12.8. The third-order valence-electron chi connectivity index (χ3n) is 5.03. The Morgan fingerprint density at radius 1 is 1.24 bits per heavy atom. The summed E-state index contributed by atoms with van der Waals surface area (Å²) in [6.45, 7) is 4.67. The molecule has 6 nitrogen and oxygen atoms in total. The molecule has 1 saturated heterocycles. The lowest BCUT2D eigenvalue weighted by Gasteiger charge is -2.18. The van der Waals surface area contributed by atoms with Crippen LogP contribution in [0, 0.1) is 12.8 Å². The fourth-order valence-electron chi connectivity index (χ4n) is 3.51. The molecule has 152 valence electrons. The average Bonchev–Trinajstić information content (AvgIpc) is 3.10. The minimum Gasteiger partial charge on any atom is -0.463 e. The van der Waals surface area contributed by atoms with Crippen LogP contribution >= 0.6 is 0 Å². The molecule has 2 aromatic carbocycles. The first-order valence-corrected chi connectivity index (χ1v) is 9.90. The molecule has 0 spiro atoms.